The van der Waals surface area contributed by atoms with Gasteiger partial charge in [0.25, 0.3) is 0 Å². The number of nitrogens with zero attached hydrogens (tertiary/aromatic N) is 2. The first kappa shape index (κ1) is 61.1. The van der Waals surface area contributed by atoms with Gasteiger partial charge in [-0.2, -0.15) is 0 Å². The lowest BCUT2D eigenvalue weighted by Gasteiger charge is -2.37. The molecule has 2 heteroatoms. The lowest BCUT2D eigenvalue weighted by atomic mass is 9.65. The topological polar surface area (TPSA) is 8.82 Å². The van der Waals surface area contributed by atoms with Gasteiger partial charge in [-0.15, -0.1) is 0 Å². The van der Waals surface area contributed by atoms with E-state index in [1.54, 1.807) is 0 Å². The number of hydrogen-bond donors (Lipinski definition) is 0. The Morgan fingerprint density at radius 3 is 0.694 bits per heavy atom. The van der Waals surface area contributed by atoms with Gasteiger partial charge < -0.3 is 8.80 Å². The van der Waals surface area contributed by atoms with E-state index < -0.39 is 10.8 Å². The second-order valence-corrected chi connectivity index (χ2v) is 32.1. The summed E-state index contributed by atoms with van der Waals surface area (Å²) in [5.41, 5.74) is 25.8. The molecule has 4 heterocycles. The molecule has 98 heavy (non-hydrogen) atoms. The molecule has 17 rings (SSSR count). The molecule has 0 fully saturated rings. The normalized spacial score (nSPS) is 13.1. The standard InChI is InChI=1S/C96H84N2/c1-91(2,3)73-51-63(52-74(57-73)92(4,5)6)61-43-47-77-83(55-61)97-81-49-45-71(95(65-31-19-13-20-32-65,66-33-21-14-22-34-66)67-35-23-15-24-36-67)59-79(81)88-86-78-48-44-62(64-53-75(93(7,8)9)58-76(54-64)94(10,11)12)56-84(78)98-82-50-46-72(60-80(82)87(90(86)98)85(77)89(88)97)96(68-37-25-16-26-38-68,69-39-27-17-28-40-69)70-41-29-18-30-42-70/h13-60H,1-12H3. The maximum absolute atomic E-state index is 2.68. The lowest BCUT2D eigenvalue weighted by molar-refractivity contribution is 0.568. The van der Waals surface area contributed by atoms with Gasteiger partial charge in [-0.1, -0.05) is 338 Å². The van der Waals surface area contributed by atoms with Crippen molar-refractivity contribution in [1.82, 2.24) is 8.80 Å². The van der Waals surface area contributed by atoms with Crippen LogP contribution in [0.1, 0.15) is 150 Å². The van der Waals surface area contributed by atoms with Gasteiger partial charge in [-0.05, 0) is 147 Å². The van der Waals surface area contributed by atoms with Crippen molar-refractivity contribution in [3.05, 3.63) is 358 Å². The second kappa shape index (κ2) is 22.0. The Balaban J connectivity index is 1.08. The Morgan fingerprint density at radius 2 is 0.439 bits per heavy atom. The zero-order chi connectivity index (χ0) is 67.4. The van der Waals surface area contributed by atoms with Crippen LogP contribution in [0.2, 0.25) is 0 Å². The van der Waals surface area contributed by atoms with Crippen LogP contribution in [-0.2, 0) is 32.5 Å². The summed E-state index contributed by atoms with van der Waals surface area (Å²) in [7, 11) is 0. The zero-order valence-corrected chi connectivity index (χ0v) is 58.6. The third-order valence-electron chi connectivity index (χ3n) is 22.0. The van der Waals surface area contributed by atoms with Crippen molar-refractivity contribution in [3.63, 3.8) is 0 Å². The van der Waals surface area contributed by atoms with Gasteiger partial charge in [0.2, 0.25) is 0 Å². The van der Waals surface area contributed by atoms with Crippen LogP contribution in [0.3, 0.4) is 0 Å². The van der Waals surface area contributed by atoms with Crippen LogP contribution in [0, 0.1) is 0 Å². The predicted molar refractivity (Wildman–Crippen MR) is 418 cm³/mol. The van der Waals surface area contributed by atoms with Gasteiger partial charge in [-0.3, -0.25) is 0 Å². The van der Waals surface area contributed by atoms with Gasteiger partial charge in [0.1, 0.15) is 0 Å². The molecule has 0 spiro atoms. The Kier molecular flexibility index (Phi) is 13.7. The monoisotopic (exact) mass is 1260 g/mol. The minimum atomic E-state index is -0.675. The second-order valence-electron chi connectivity index (χ2n) is 32.1. The minimum Gasteiger partial charge on any atom is -0.308 e. The molecule has 0 amide bonds. The van der Waals surface area contributed by atoms with Crippen LogP contribution in [-0.4, -0.2) is 8.80 Å². The summed E-state index contributed by atoms with van der Waals surface area (Å²) >= 11 is 0. The summed E-state index contributed by atoms with van der Waals surface area (Å²) in [6, 6.07) is 112. The van der Waals surface area contributed by atoms with Crippen molar-refractivity contribution < 1.29 is 0 Å². The molecule has 0 aliphatic heterocycles. The maximum Gasteiger partial charge on any atom is 0.0701 e. The van der Waals surface area contributed by atoms with Crippen LogP contribution in [0.15, 0.2) is 291 Å². The molecular weight excluding hydrogens is 1180 g/mol. The Hall–Kier alpha value is -10.5. The molecule has 13 aromatic carbocycles. The first-order chi connectivity index (χ1) is 47.1. The van der Waals surface area contributed by atoms with E-state index in [1.807, 2.05) is 0 Å². The molecule has 0 bridgehead atoms. The van der Waals surface area contributed by atoms with E-state index in [1.165, 1.54) is 165 Å². The molecule has 0 aliphatic rings. The van der Waals surface area contributed by atoms with E-state index in [0.717, 1.165) is 0 Å². The summed E-state index contributed by atoms with van der Waals surface area (Å²) < 4.78 is 5.36. The van der Waals surface area contributed by atoms with Crippen LogP contribution in [0.4, 0.5) is 0 Å². The highest BCUT2D eigenvalue weighted by atomic mass is 14.9. The Morgan fingerprint density at radius 1 is 0.184 bits per heavy atom. The molecule has 0 saturated heterocycles. The largest absolute Gasteiger partial charge is 0.308 e. The number of benzene rings is 13. The molecule has 0 unspecified atom stereocenters. The van der Waals surface area contributed by atoms with Crippen molar-refractivity contribution in [1.29, 1.82) is 0 Å². The first-order valence-electron chi connectivity index (χ1n) is 35.2. The highest BCUT2D eigenvalue weighted by Crippen LogP contribution is 2.56. The smallest absolute Gasteiger partial charge is 0.0701 e. The van der Waals surface area contributed by atoms with E-state index in [9.17, 15) is 0 Å². The van der Waals surface area contributed by atoms with Crippen molar-refractivity contribution in [2.75, 3.05) is 0 Å². The average Bonchev–Trinajstić information content (AvgIpc) is 1.32. The quantitative estimate of drug-likeness (QED) is 0.121. The van der Waals surface area contributed by atoms with Gasteiger partial charge in [0, 0.05) is 43.1 Å². The van der Waals surface area contributed by atoms with Crippen LogP contribution >= 0.6 is 0 Å². The van der Waals surface area contributed by atoms with Gasteiger partial charge in [-0.25, -0.2) is 0 Å². The van der Waals surface area contributed by atoms with Gasteiger partial charge >= 0.3 is 0 Å². The molecule has 478 valence electrons. The third kappa shape index (κ3) is 9.20. The molecular formula is C96H84N2. The van der Waals surface area contributed by atoms with Crippen molar-refractivity contribution in [2.24, 2.45) is 0 Å². The number of fused-ring (bicyclic) bond motifs is 14. The molecule has 2 nitrogen and oxygen atoms in total. The SMILES string of the molecule is CC(C)(C)c1cc(-c2ccc3c4c5c6cc(C(c7ccccc7)(c7ccccc7)c7ccccc7)ccc6n6c7cc(-c8cc(C(C)(C)C)cc(C(C)(C)C)c8)ccc7c(c7c8cc(C(c9ccccc9)(c9ccccc9)c9ccccc9)ccc8n(c3c2)c74)c56)cc(C(C)(C)C)c1. The van der Waals surface area contributed by atoms with Crippen molar-refractivity contribution >= 4 is 76.2 Å². The number of rotatable bonds is 10. The molecule has 0 N–H and O–H groups in total. The molecule has 0 aliphatic carbocycles. The molecule has 4 aromatic heterocycles. The van der Waals surface area contributed by atoms with Crippen LogP contribution in [0.5, 0.6) is 0 Å². The highest BCUT2D eigenvalue weighted by molar-refractivity contribution is 6.45. The molecule has 17 aromatic rings. The van der Waals surface area contributed by atoms with Gasteiger partial charge in [0.05, 0.1) is 43.9 Å². The lowest BCUT2D eigenvalue weighted by Crippen LogP contribution is -2.30. The van der Waals surface area contributed by atoms with Crippen molar-refractivity contribution in [3.8, 4) is 22.3 Å². The molecule has 0 saturated carbocycles. The minimum absolute atomic E-state index is 0.0528. The highest BCUT2D eigenvalue weighted by Gasteiger charge is 2.42. The van der Waals surface area contributed by atoms with E-state index in [4.69, 9.17) is 0 Å². The summed E-state index contributed by atoms with van der Waals surface area (Å²) in [6.45, 7) is 28.2. The summed E-state index contributed by atoms with van der Waals surface area (Å²) in [4.78, 5) is 0. The Labute approximate surface area is 577 Å². The fraction of sp³-hybridized carbons (Fsp3) is 0.188. The first-order valence-corrected chi connectivity index (χ1v) is 35.2. The van der Waals surface area contributed by atoms with Crippen LogP contribution < -0.4 is 0 Å². The van der Waals surface area contributed by atoms with Crippen molar-refractivity contribution in [2.45, 2.75) is 116 Å². The van der Waals surface area contributed by atoms with E-state index in [0.29, 0.717) is 0 Å². The van der Waals surface area contributed by atoms with E-state index >= 15 is 0 Å². The molecule has 0 atom stereocenters. The maximum atomic E-state index is 2.68. The predicted octanol–water partition coefficient (Wildman–Crippen LogP) is 25.3. The fourth-order valence-electron chi connectivity index (χ4n) is 17.0. The zero-order valence-electron chi connectivity index (χ0n) is 58.6. The summed E-state index contributed by atoms with van der Waals surface area (Å²) in [5, 5.41) is 10.1. The summed E-state index contributed by atoms with van der Waals surface area (Å²) in [6.07, 6.45) is 0. The fourth-order valence-corrected chi connectivity index (χ4v) is 17.0. The average molecular weight is 1270 g/mol. The van der Waals surface area contributed by atoms with E-state index in [-0.39, 0.29) is 21.7 Å². The molecule has 0 radical (unpaired) electrons. The number of hydrogen-bond acceptors (Lipinski definition) is 0. The third-order valence-corrected chi connectivity index (χ3v) is 22.0. The summed E-state index contributed by atoms with van der Waals surface area (Å²) in [5.74, 6) is 0. The Bertz CT molecular complexity index is 5280. The van der Waals surface area contributed by atoms with Gasteiger partial charge in [0.15, 0.2) is 0 Å². The van der Waals surface area contributed by atoms with E-state index in [2.05, 4.69) is 383 Å². The number of aromatic nitrogens is 2. The van der Waals surface area contributed by atoms with Crippen LogP contribution in [0.25, 0.3) is 98.4 Å².